The highest BCUT2D eigenvalue weighted by Crippen LogP contribution is 2.12. The lowest BCUT2D eigenvalue weighted by molar-refractivity contribution is -0.117. The second kappa shape index (κ2) is 11.2. The van der Waals surface area contributed by atoms with Crippen LogP contribution in [0.5, 0.6) is 0 Å². The van der Waals surface area contributed by atoms with Crippen LogP contribution < -0.4 is 10.0 Å². The van der Waals surface area contributed by atoms with Crippen LogP contribution in [0.4, 0.5) is 0 Å². The highest BCUT2D eigenvalue weighted by molar-refractivity contribution is 7.89. The van der Waals surface area contributed by atoms with Crippen molar-refractivity contribution in [3.8, 4) is 0 Å². The van der Waals surface area contributed by atoms with Crippen LogP contribution in [0, 0.1) is 0 Å². The van der Waals surface area contributed by atoms with E-state index in [1.165, 1.54) is 23.8 Å². The van der Waals surface area contributed by atoms with E-state index < -0.39 is 10.0 Å². The quantitative estimate of drug-likeness (QED) is 0.579. The standard InChI is InChI=1S/C23H29N3O4S/c1-2-25-31(28,29)22-11-8-19(9-12-22)10-13-23(27)24-16-21-18-26(14-15-30-21)17-20-6-4-3-5-7-20/h3-13,21,25H,2,14-18H2,1H3,(H,24,27)/b13-10+. The molecule has 8 heteroatoms. The number of amides is 1. The Morgan fingerprint density at radius 2 is 1.90 bits per heavy atom. The normalized spacial score (nSPS) is 17.6. The molecule has 1 amide bonds. The molecule has 1 saturated heterocycles. The lowest BCUT2D eigenvalue weighted by Gasteiger charge is -2.33. The van der Waals surface area contributed by atoms with E-state index in [9.17, 15) is 13.2 Å². The number of rotatable bonds is 9. The van der Waals surface area contributed by atoms with Crippen LogP contribution >= 0.6 is 0 Å². The van der Waals surface area contributed by atoms with E-state index in [4.69, 9.17) is 4.74 Å². The van der Waals surface area contributed by atoms with Crippen molar-refractivity contribution in [3.63, 3.8) is 0 Å². The van der Waals surface area contributed by atoms with Crippen LogP contribution in [0.2, 0.25) is 0 Å². The monoisotopic (exact) mass is 443 g/mol. The Labute approximate surface area is 184 Å². The molecular weight excluding hydrogens is 414 g/mol. The zero-order valence-corrected chi connectivity index (χ0v) is 18.5. The molecule has 31 heavy (non-hydrogen) atoms. The lowest BCUT2D eigenvalue weighted by Crippen LogP contribution is -2.46. The number of morpholine rings is 1. The Kier molecular flexibility index (Phi) is 8.36. The van der Waals surface area contributed by atoms with E-state index in [1.807, 2.05) is 18.2 Å². The third kappa shape index (κ3) is 7.29. The molecule has 2 N–H and O–H groups in total. The first kappa shape index (κ1) is 23.1. The van der Waals surface area contributed by atoms with Gasteiger partial charge in [0.1, 0.15) is 0 Å². The minimum absolute atomic E-state index is 0.0506. The molecule has 0 spiro atoms. The Morgan fingerprint density at radius 1 is 1.16 bits per heavy atom. The van der Waals surface area contributed by atoms with Crippen LogP contribution in [-0.4, -0.2) is 58.1 Å². The fraction of sp³-hybridized carbons (Fsp3) is 0.348. The second-order valence-electron chi connectivity index (χ2n) is 7.36. The maximum Gasteiger partial charge on any atom is 0.244 e. The molecule has 1 atom stereocenters. The summed E-state index contributed by atoms with van der Waals surface area (Å²) in [5.74, 6) is -0.215. The summed E-state index contributed by atoms with van der Waals surface area (Å²) in [6.45, 7) is 5.65. The second-order valence-corrected chi connectivity index (χ2v) is 9.13. The Morgan fingerprint density at radius 3 is 2.61 bits per heavy atom. The predicted octanol–water partition coefficient (Wildman–Crippen LogP) is 2.02. The van der Waals surface area contributed by atoms with Gasteiger partial charge in [-0.1, -0.05) is 49.4 Å². The molecule has 1 unspecified atom stereocenters. The van der Waals surface area contributed by atoms with E-state index in [1.54, 1.807) is 25.1 Å². The minimum atomic E-state index is -3.48. The topological polar surface area (TPSA) is 87.7 Å². The summed E-state index contributed by atoms with van der Waals surface area (Å²) in [5.41, 5.74) is 2.01. The van der Waals surface area contributed by atoms with Gasteiger partial charge < -0.3 is 10.1 Å². The van der Waals surface area contributed by atoms with Crippen molar-refractivity contribution in [2.24, 2.45) is 0 Å². The number of ether oxygens (including phenoxy) is 1. The summed E-state index contributed by atoms with van der Waals surface area (Å²) in [6, 6.07) is 16.7. The van der Waals surface area contributed by atoms with Crippen molar-refractivity contribution in [1.29, 1.82) is 0 Å². The van der Waals surface area contributed by atoms with Crippen LogP contribution in [0.1, 0.15) is 18.1 Å². The van der Waals surface area contributed by atoms with Crippen molar-refractivity contribution < 1.29 is 17.9 Å². The van der Waals surface area contributed by atoms with Gasteiger partial charge in [0.15, 0.2) is 0 Å². The van der Waals surface area contributed by atoms with E-state index in [0.29, 0.717) is 19.7 Å². The number of hydrogen-bond acceptors (Lipinski definition) is 5. The third-order valence-electron chi connectivity index (χ3n) is 4.93. The molecule has 0 aromatic heterocycles. The average Bonchev–Trinajstić information content (AvgIpc) is 2.77. The predicted molar refractivity (Wildman–Crippen MR) is 121 cm³/mol. The van der Waals surface area contributed by atoms with Crippen LogP contribution in [0.15, 0.2) is 65.6 Å². The molecule has 0 aliphatic carbocycles. The number of sulfonamides is 1. The molecular formula is C23H29N3O4S. The molecule has 1 fully saturated rings. The number of nitrogens with zero attached hydrogens (tertiary/aromatic N) is 1. The minimum Gasteiger partial charge on any atom is -0.374 e. The van der Waals surface area contributed by atoms with Gasteiger partial charge >= 0.3 is 0 Å². The maximum atomic E-state index is 12.2. The number of carbonyl (C=O) groups is 1. The number of nitrogens with one attached hydrogen (secondary N) is 2. The highest BCUT2D eigenvalue weighted by Gasteiger charge is 2.20. The van der Waals surface area contributed by atoms with Crippen molar-refractivity contribution in [1.82, 2.24) is 14.9 Å². The largest absolute Gasteiger partial charge is 0.374 e. The summed E-state index contributed by atoms with van der Waals surface area (Å²) in [5, 5.41) is 2.88. The van der Waals surface area contributed by atoms with Crippen LogP contribution in [-0.2, 0) is 26.1 Å². The van der Waals surface area contributed by atoms with Crippen molar-refractivity contribution in [2.75, 3.05) is 32.8 Å². The van der Waals surface area contributed by atoms with Gasteiger partial charge in [-0.2, -0.15) is 0 Å². The zero-order chi connectivity index (χ0) is 22.1. The van der Waals surface area contributed by atoms with Gasteiger partial charge in [-0.25, -0.2) is 13.1 Å². The summed E-state index contributed by atoms with van der Waals surface area (Å²) in [4.78, 5) is 14.7. The van der Waals surface area contributed by atoms with Gasteiger partial charge in [0, 0.05) is 38.8 Å². The van der Waals surface area contributed by atoms with Crippen molar-refractivity contribution in [2.45, 2.75) is 24.5 Å². The van der Waals surface area contributed by atoms with Gasteiger partial charge in [-0.15, -0.1) is 0 Å². The molecule has 0 radical (unpaired) electrons. The summed E-state index contributed by atoms with van der Waals surface area (Å²) in [7, 11) is -3.48. The molecule has 3 rings (SSSR count). The lowest BCUT2D eigenvalue weighted by atomic mass is 10.2. The zero-order valence-electron chi connectivity index (χ0n) is 17.7. The average molecular weight is 444 g/mol. The van der Waals surface area contributed by atoms with E-state index in [2.05, 4.69) is 27.1 Å². The van der Waals surface area contributed by atoms with E-state index in [-0.39, 0.29) is 16.9 Å². The number of carbonyl (C=O) groups excluding carboxylic acids is 1. The Hall–Kier alpha value is -2.52. The Balaban J connectivity index is 1.45. The van der Waals surface area contributed by atoms with E-state index >= 15 is 0 Å². The maximum absolute atomic E-state index is 12.2. The van der Waals surface area contributed by atoms with Gasteiger partial charge in [0.2, 0.25) is 15.9 Å². The van der Waals surface area contributed by atoms with Gasteiger partial charge in [0.25, 0.3) is 0 Å². The number of hydrogen-bond donors (Lipinski definition) is 2. The summed E-state index contributed by atoms with van der Waals surface area (Å²) >= 11 is 0. The molecule has 7 nitrogen and oxygen atoms in total. The molecule has 0 saturated carbocycles. The van der Waals surface area contributed by atoms with Gasteiger partial charge in [0.05, 0.1) is 17.6 Å². The Bertz CT molecular complexity index is 976. The van der Waals surface area contributed by atoms with Crippen LogP contribution in [0.3, 0.4) is 0 Å². The van der Waals surface area contributed by atoms with Gasteiger partial charge in [-0.3, -0.25) is 9.69 Å². The van der Waals surface area contributed by atoms with Gasteiger partial charge in [-0.05, 0) is 29.3 Å². The highest BCUT2D eigenvalue weighted by atomic mass is 32.2. The summed E-state index contributed by atoms with van der Waals surface area (Å²) in [6.07, 6.45) is 3.05. The molecule has 1 heterocycles. The van der Waals surface area contributed by atoms with E-state index in [0.717, 1.165) is 25.2 Å². The molecule has 2 aromatic carbocycles. The summed E-state index contributed by atoms with van der Waals surface area (Å²) < 4.78 is 32.2. The third-order valence-corrected chi connectivity index (χ3v) is 6.49. The first-order valence-corrected chi connectivity index (χ1v) is 11.9. The van der Waals surface area contributed by atoms with Crippen LogP contribution in [0.25, 0.3) is 6.08 Å². The van der Waals surface area contributed by atoms with Crippen molar-refractivity contribution in [3.05, 3.63) is 71.8 Å². The fourth-order valence-corrected chi connectivity index (χ4v) is 4.41. The molecule has 1 aliphatic rings. The smallest absolute Gasteiger partial charge is 0.244 e. The fourth-order valence-electron chi connectivity index (χ4n) is 3.37. The first-order chi connectivity index (χ1) is 15.0. The SMILES string of the molecule is CCNS(=O)(=O)c1ccc(/C=C/C(=O)NCC2CN(Cc3ccccc3)CCO2)cc1. The molecule has 1 aliphatic heterocycles. The molecule has 0 bridgehead atoms. The molecule has 2 aromatic rings. The first-order valence-electron chi connectivity index (χ1n) is 10.4. The van der Waals surface area contributed by atoms with Crippen molar-refractivity contribution >= 4 is 22.0 Å². The molecule has 166 valence electrons. The number of benzene rings is 2.